The van der Waals surface area contributed by atoms with Gasteiger partial charge in [-0.2, -0.15) is 0 Å². The van der Waals surface area contributed by atoms with E-state index in [0.29, 0.717) is 29.4 Å². The Morgan fingerprint density at radius 2 is 1.78 bits per heavy atom. The summed E-state index contributed by atoms with van der Waals surface area (Å²) in [6.07, 6.45) is 1.26. The van der Waals surface area contributed by atoms with Crippen molar-refractivity contribution in [3.63, 3.8) is 0 Å². The van der Waals surface area contributed by atoms with Crippen LogP contribution in [-0.2, 0) is 21.2 Å². The molecule has 0 atom stereocenters. The first-order chi connectivity index (χ1) is 12.8. The molecule has 1 aliphatic rings. The SMILES string of the molecule is CS(=O)(=O)Nc1ccccc1CC(=O)N1CCN(c2cccc(Cl)c2)CC1. The molecule has 1 saturated heterocycles. The summed E-state index contributed by atoms with van der Waals surface area (Å²) in [6.45, 7) is 2.70. The first kappa shape index (κ1) is 19.5. The minimum absolute atomic E-state index is 0.0107. The number of anilines is 2. The highest BCUT2D eigenvalue weighted by Gasteiger charge is 2.22. The van der Waals surface area contributed by atoms with E-state index in [1.807, 2.05) is 29.2 Å². The average molecular weight is 408 g/mol. The van der Waals surface area contributed by atoms with Gasteiger partial charge in [0.25, 0.3) is 0 Å². The molecular weight excluding hydrogens is 386 g/mol. The van der Waals surface area contributed by atoms with E-state index >= 15 is 0 Å². The van der Waals surface area contributed by atoms with Crippen LogP contribution in [0.5, 0.6) is 0 Å². The molecule has 2 aromatic carbocycles. The molecule has 6 nitrogen and oxygen atoms in total. The van der Waals surface area contributed by atoms with Gasteiger partial charge in [0.2, 0.25) is 15.9 Å². The molecular formula is C19H22ClN3O3S. The first-order valence-corrected chi connectivity index (χ1v) is 10.9. The van der Waals surface area contributed by atoms with Crippen LogP contribution in [0.25, 0.3) is 0 Å². The summed E-state index contributed by atoms with van der Waals surface area (Å²) < 4.78 is 25.5. The third-order valence-electron chi connectivity index (χ3n) is 4.46. The van der Waals surface area contributed by atoms with Crippen LogP contribution in [0.2, 0.25) is 5.02 Å². The predicted octanol–water partition coefficient (Wildman–Crippen LogP) is 2.60. The number of hydrogen-bond donors (Lipinski definition) is 1. The van der Waals surface area contributed by atoms with Crippen molar-refractivity contribution in [2.75, 3.05) is 42.1 Å². The van der Waals surface area contributed by atoms with E-state index in [-0.39, 0.29) is 12.3 Å². The normalized spacial score (nSPS) is 14.9. The molecule has 1 fully saturated rings. The van der Waals surface area contributed by atoms with Gasteiger partial charge >= 0.3 is 0 Å². The Kier molecular flexibility index (Phi) is 5.92. The van der Waals surface area contributed by atoms with E-state index in [9.17, 15) is 13.2 Å². The van der Waals surface area contributed by atoms with Gasteiger partial charge in [-0.1, -0.05) is 35.9 Å². The summed E-state index contributed by atoms with van der Waals surface area (Å²) >= 11 is 6.05. The van der Waals surface area contributed by atoms with E-state index < -0.39 is 10.0 Å². The van der Waals surface area contributed by atoms with Gasteiger partial charge in [-0.15, -0.1) is 0 Å². The highest BCUT2D eigenvalue weighted by molar-refractivity contribution is 7.92. The number of benzene rings is 2. The fourth-order valence-corrected chi connectivity index (χ4v) is 3.92. The average Bonchev–Trinajstić information content (AvgIpc) is 2.62. The number of carbonyl (C=O) groups is 1. The lowest BCUT2D eigenvalue weighted by Crippen LogP contribution is -2.49. The Morgan fingerprint density at radius 3 is 2.44 bits per heavy atom. The van der Waals surface area contributed by atoms with Crippen LogP contribution in [0.3, 0.4) is 0 Å². The van der Waals surface area contributed by atoms with Crippen molar-refractivity contribution in [3.8, 4) is 0 Å². The second-order valence-corrected chi connectivity index (χ2v) is 8.74. The zero-order valence-corrected chi connectivity index (χ0v) is 16.6. The Morgan fingerprint density at radius 1 is 1.07 bits per heavy atom. The molecule has 1 aliphatic heterocycles. The van der Waals surface area contributed by atoms with Gasteiger partial charge in [-0.3, -0.25) is 9.52 Å². The van der Waals surface area contributed by atoms with Gasteiger partial charge in [0.05, 0.1) is 18.4 Å². The van der Waals surface area contributed by atoms with E-state index in [2.05, 4.69) is 9.62 Å². The van der Waals surface area contributed by atoms with E-state index in [4.69, 9.17) is 11.6 Å². The fourth-order valence-electron chi connectivity index (χ4n) is 3.14. The van der Waals surface area contributed by atoms with Crippen LogP contribution in [0, 0.1) is 0 Å². The zero-order valence-electron chi connectivity index (χ0n) is 15.1. The Labute approximate surface area is 164 Å². The second kappa shape index (κ2) is 8.19. The third-order valence-corrected chi connectivity index (χ3v) is 5.29. The molecule has 1 N–H and O–H groups in total. The zero-order chi connectivity index (χ0) is 19.4. The molecule has 27 heavy (non-hydrogen) atoms. The quantitative estimate of drug-likeness (QED) is 0.827. The molecule has 0 bridgehead atoms. The smallest absolute Gasteiger partial charge is 0.229 e. The Balaban J connectivity index is 1.62. The maximum Gasteiger partial charge on any atom is 0.229 e. The van der Waals surface area contributed by atoms with Crippen molar-refractivity contribution in [2.24, 2.45) is 0 Å². The molecule has 1 amide bonds. The molecule has 3 rings (SSSR count). The summed E-state index contributed by atoms with van der Waals surface area (Å²) in [5.74, 6) is -0.0107. The molecule has 0 radical (unpaired) electrons. The second-order valence-electron chi connectivity index (χ2n) is 6.56. The van der Waals surface area contributed by atoms with Crippen LogP contribution in [-0.4, -0.2) is 51.7 Å². The monoisotopic (exact) mass is 407 g/mol. The minimum atomic E-state index is -3.39. The van der Waals surface area contributed by atoms with Gasteiger partial charge in [0, 0.05) is 36.9 Å². The number of para-hydroxylation sites is 1. The number of hydrogen-bond acceptors (Lipinski definition) is 4. The Bertz CT molecular complexity index is 925. The molecule has 0 aromatic heterocycles. The molecule has 2 aromatic rings. The fraction of sp³-hybridized carbons (Fsp3) is 0.316. The van der Waals surface area contributed by atoms with Crippen LogP contribution in [0.15, 0.2) is 48.5 Å². The van der Waals surface area contributed by atoms with Gasteiger partial charge in [0.15, 0.2) is 0 Å². The van der Waals surface area contributed by atoms with Crippen molar-refractivity contribution in [3.05, 3.63) is 59.1 Å². The topological polar surface area (TPSA) is 69.7 Å². The number of sulfonamides is 1. The number of amides is 1. The van der Waals surface area contributed by atoms with Crippen molar-refractivity contribution >= 4 is 38.9 Å². The number of halogens is 1. The van der Waals surface area contributed by atoms with Crippen LogP contribution >= 0.6 is 11.6 Å². The molecule has 144 valence electrons. The van der Waals surface area contributed by atoms with Crippen molar-refractivity contribution in [2.45, 2.75) is 6.42 Å². The number of nitrogens with zero attached hydrogens (tertiary/aromatic N) is 2. The van der Waals surface area contributed by atoms with Crippen LogP contribution in [0.1, 0.15) is 5.56 Å². The summed E-state index contributed by atoms with van der Waals surface area (Å²) in [5.41, 5.74) is 2.17. The van der Waals surface area contributed by atoms with Gasteiger partial charge in [0.1, 0.15) is 0 Å². The molecule has 0 spiro atoms. The predicted molar refractivity (Wildman–Crippen MR) is 109 cm³/mol. The number of nitrogens with one attached hydrogen (secondary N) is 1. The largest absolute Gasteiger partial charge is 0.368 e. The van der Waals surface area contributed by atoms with Crippen molar-refractivity contribution in [1.82, 2.24) is 4.90 Å². The molecule has 1 heterocycles. The van der Waals surface area contributed by atoms with Crippen LogP contribution in [0.4, 0.5) is 11.4 Å². The lowest BCUT2D eigenvalue weighted by Gasteiger charge is -2.36. The maximum absolute atomic E-state index is 12.7. The van der Waals surface area contributed by atoms with E-state index in [0.717, 1.165) is 25.0 Å². The van der Waals surface area contributed by atoms with Crippen molar-refractivity contribution in [1.29, 1.82) is 0 Å². The lowest BCUT2D eigenvalue weighted by atomic mass is 10.1. The Hall–Kier alpha value is -2.25. The lowest BCUT2D eigenvalue weighted by molar-refractivity contribution is -0.130. The third kappa shape index (κ3) is 5.37. The summed E-state index contributed by atoms with van der Waals surface area (Å²) in [6, 6.07) is 14.7. The molecule has 0 unspecified atom stereocenters. The first-order valence-electron chi connectivity index (χ1n) is 8.66. The van der Waals surface area contributed by atoms with Crippen LogP contribution < -0.4 is 9.62 Å². The number of carbonyl (C=O) groups excluding carboxylic acids is 1. The molecule has 0 saturated carbocycles. The number of rotatable bonds is 5. The standard InChI is InChI=1S/C19H22ClN3O3S/c1-27(25,26)21-18-8-3-2-5-15(18)13-19(24)23-11-9-22(10-12-23)17-7-4-6-16(20)14-17/h2-8,14,21H,9-13H2,1H3. The van der Waals surface area contributed by atoms with Gasteiger partial charge in [-0.05, 0) is 29.8 Å². The highest BCUT2D eigenvalue weighted by atomic mass is 35.5. The van der Waals surface area contributed by atoms with E-state index in [1.165, 1.54) is 0 Å². The summed E-state index contributed by atoms with van der Waals surface area (Å²) in [5, 5.41) is 0.695. The van der Waals surface area contributed by atoms with Crippen molar-refractivity contribution < 1.29 is 13.2 Å². The van der Waals surface area contributed by atoms with Gasteiger partial charge in [-0.25, -0.2) is 8.42 Å². The maximum atomic E-state index is 12.7. The molecule has 8 heteroatoms. The van der Waals surface area contributed by atoms with Gasteiger partial charge < -0.3 is 9.80 Å². The van der Waals surface area contributed by atoms with E-state index in [1.54, 1.807) is 24.3 Å². The minimum Gasteiger partial charge on any atom is -0.368 e. The number of piperazine rings is 1. The summed E-state index contributed by atoms with van der Waals surface area (Å²) in [7, 11) is -3.39. The molecule has 0 aliphatic carbocycles. The summed E-state index contributed by atoms with van der Waals surface area (Å²) in [4.78, 5) is 16.7. The highest BCUT2D eigenvalue weighted by Crippen LogP contribution is 2.22.